The van der Waals surface area contributed by atoms with Crippen molar-refractivity contribution in [3.63, 3.8) is 0 Å². The van der Waals surface area contributed by atoms with Crippen LogP contribution in [0, 0.1) is 10.8 Å². The monoisotopic (exact) mass is 893 g/mol. The molecule has 0 saturated carbocycles. The number of esters is 6. The van der Waals surface area contributed by atoms with Gasteiger partial charge in [-0.15, -0.1) is 0 Å². The van der Waals surface area contributed by atoms with Gasteiger partial charge in [0.05, 0.1) is 35.2 Å². The molecule has 4 unspecified atom stereocenters. The summed E-state index contributed by atoms with van der Waals surface area (Å²) in [6, 6.07) is 0. The van der Waals surface area contributed by atoms with E-state index in [0.717, 1.165) is 12.2 Å². The van der Waals surface area contributed by atoms with Crippen molar-refractivity contribution < 1.29 is 87.1 Å². The van der Waals surface area contributed by atoms with Crippen molar-refractivity contribution in [3.8, 4) is 0 Å². The average Bonchev–Trinajstić information content (AvgIpc) is 3.15. The van der Waals surface area contributed by atoms with Crippen molar-refractivity contribution in [2.24, 2.45) is 10.8 Å². The number of carbonyl (C=O) groups excluding carboxylic acids is 6. The van der Waals surface area contributed by atoms with Crippen LogP contribution in [0.3, 0.4) is 0 Å². The lowest BCUT2D eigenvalue weighted by atomic mass is 9.97. The Morgan fingerprint density at radius 1 is 0.435 bits per heavy atom. The van der Waals surface area contributed by atoms with Gasteiger partial charge in [-0.2, -0.15) is 0 Å². The van der Waals surface area contributed by atoms with Crippen molar-refractivity contribution in [2.45, 2.75) is 133 Å². The lowest BCUT2D eigenvalue weighted by molar-refractivity contribution is -0.159. The fourth-order valence-corrected chi connectivity index (χ4v) is 2.73. The second-order valence-electron chi connectivity index (χ2n) is 17.6. The van der Waals surface area contributed by atoms with Gasteiger partial charge in [0.2, 0.25) is 0 Å². The van der Waals surface area contributed by atoms with Crippen LogP contribution in [0.2, 0.25) is 0 Å². The normalized spacial score (nSPS) is 13.1. The molecule has 62 heavy (non-hydrogen) atoms. The van der Waals surface area contributed by atoms with Gasteiger partial charge in [0.15, 0.2) is 0 Å². The first-order valence-corrected chi connectivity index (χ1v) is 19.6. The fraction of sp³-hybridized carbons (Fsp3) is 0.682. The summed E-state index contributed by atoms with van der Waals surface area (Å²) in [6.45, 7) is 37.2. The van der Waals surface area contributed by atoms with Gasteiger partial charge >= 0.3 is 35.8 Å². The van der Waals surface area contributed by atoms with Gasteiger partial charge in [-0.05, 0) is 96.9 Å². The number of hydrogen-bond donors (Lipinski definition) is 4. The van der Waals surface area contributed by atoms with Crippen LogP contribution in [0.25, 0.3) is 0 Å². The summed E-state index contributed by atoms with van der Waals surface area (Å²) in [7, 11) is 0. The molecule has 0 bridgehead atoms. The third kappa shape index (κ3) is 43.6. The van der Waals surface area contributed by atoms with E-state index in [0.29, 0.717) is 5.57 Å². The standard InChI is InChI=1S/C12H20O5.C11H18O5.C11H20O4.C10H18O4/c1-8(2)10(14)16-6-9(13)7-17-11(15)12(3,4)5;1-5-9(13)15-6-8(12)7-16-10(14)11(2,3)4;1-8(2)10(13)14-6-9(12)7-15-11(3,4)5;1-5-9(12)13-6-8(11)7-14-10(2,3)4/h9,13H,1,6-7H2,2-5H3;5,8,12H,1,6-7H2,2-4H3;9,12H,1,6-7H2,2-5H3;5,8,11H,1,6-7H2,2-4H3. The lowest BCUT2D eigenvalue weighted by Crippen LogP contribution is -2.30. The molecule has 0 aromatic heterocycles. The van der Waals surface area contributed by atoms with Crippen LogP contribution < -0.4 is 0 Å². The summed E-state index contributed by atoms with van der Waals surface area (Å²) in [5.41, 5.74) is -1.27. The molecular formula is C44H76O18. The average molecular weight is 893 g/mol. The van der Waals surface area contributed by atoms with E-state index in [9.17, 15) is 49.2 Å². The summed E-state index contributed by atoms with van der Waals surface area (Å²) in [4.78, 5) is 65.9. The van der Waals surface area contributed by atoms with Crippen LogP contribution >= 0.6 is 0 Å². The molecule has 0 aliphatic heterocycles. The first kappa shape index (κ1) is 64.2. The Kier molecular flexibility index (Phi) is 33.4. The van der Waals surface area contributed by atoms with Crippen LogP contribution in [0.1, 0.15) is 96.9 Å². The quantitative estimate of drug-likeness (QED) is 0.0768. The molecule has 18 heteroatoms. The number of aliphatic hydroxyl groups excluding tert-OH is 4. The predicted molar refractivity (Wildman–Crippen MR) is 230 cm³/mol. The highest BCUT2D eigenvalue weighted by Crippen LogP contribution is 2.16. The van der Waals surface area contributed by atoms with Crippen molar-refractivity contribution in [1.29, 1.82) is 0 Å². The zero-order valence-electron chi connectivity index (χ0n) is 39.5. The Bertz CT molecular complexity index is 1410. The Labute approximate surface area is 368 Å². The molecule has 0 heterocycles. The van der Waals surface area contributed by atoms with Crippen molar-refractivity contribution in [3.05, 3.63) is 49.6 Å². The maximum absolute atomic E-state index is 11.4. The van der Waals surface area contributed by atoms with Gasteiger partial charge in [-0.3, -0.25) is 9.59 Å². The van der Waals surface area contributed by atoms with Crippen molar-refractivity contribution >= 4 is 35.8 Å². The zero-order chi connectivity index (χ0) is 49.7. The van der Waals surface area contributed by atoms with Crippen molar-refractivity contribution in [2.75, 3.05) is 52.9 Å². The summed E-state index contributed by atoms with van der Waals surface area (Å²) < 4.78 is 39.0. The SMILES string of the molecule is C=C(C)C(=O)OCC(O)COC(=O)C(C)(C)C.C=C(C)C(=O)OCC(O)COC(C)(C)C.C=CC(=O)OCC(O)COC(=O)C(C)(C)C.C=CC(=O)OCC(O)COC(C)(C)C. The maximum atomic E-state index is 11.4. The van der Waals surface area contributed by atoms with E-state index in [1.54, 1.807) is 48.5 Å². The summed E-state index contributed by atoms with van der Waals surface area (Å²) >= 11 is 0. The largest absolute Gasteiger partial charge is 0.462 e. The Morgan fingerprint density at radius 2 is 0.661 bits per heavy atom. The molecule has 18 nitrogen and oxygen atoms in total. The van der Waals surface area contributed by atoms with E-state index in [1.807, 2.05) is 41.5 Å². The van der Waals surface area contributed by atoms with E-state index in [4.69, 9.17) is 28.4 Å². The van der Waals surface area contributed by atoms with Gasteiger partial charge in [0, 0.05) is 23.3 Å². The van der Waals surface area contributed by atoms with Crippen LogP contribution in [0.5, 0.6) is 0 Å². The van der Waals surface area contributed by atoms with E-state index < -0.39 is 71.1 Å². The molecule has 360 valence electrons. The number of carbonyl (C=O) groups is 6. The molecule has 4 atom stereocenters. The van der Waals surface area contributed by atoms with Gasteiger partial charge in [0.1, 0.15) is 64.1 Å². The van der Waals surface area contributed by atoms with Gasteiger partial charge in [-0.25, -0.2) is 19.2 Å². The minimum atomic E-state index is -1.02. The zero-order valence-corrected chi connectivity index (χ0v) is 39.5. The molecule has 0 rings (SSSR count). The number of hydrogen-bond acceptors (Lipinski definition) is 18. The molecule has 0 radical (unpaired) electrons. The molecule has 0 aromatic carbocycles. The summed E-state index contributed by atoms with van der Waals surface area (Å²) in [5, 5.41) is 37.5. The van der Waals surface area contributed by atoms with Crippen LogP contribution in [0.4, 0.5) is 0 Å². The van der Waals surface area contributed by atoms with Crippen LogP contribution in [0.15, 0.2) is 49.6 Å². The van der Waals surface area contributed by atoms with Gasteiger partial charge in [0.25, 0.3) is 0 Å². The first-order chi connectivity index (χ1) is 28.0. The number of rotatable bonds is 20. The highest BCUT2D eigenvalue weighted by molar-refractivity contribution is 5.87. The molecule has 0 aromatic rings. The lowest BCUT2D eigenvalue weighted by Gasteiger charge is -2.21. The van der Waals surface area contributed by atoms with Gasteiger partial charge in [-0.1, -0.05) is 26.3 Å². The Morgan fingerprint density at radius 3 is 0.871 bits per heavy atom. The van der Waals surface area contributed by atoms with Gasteiger partial charge < -0.3 is 58.3 Å². The highest BCUT2D eigenvalue weighted by atomic mass is 16.6. The fourth-order valence-electron chi connectivity index (χ4n) is 2.73. The topological polar surface area (TPSA) is 257 Å². The predicted octanol–water partition coefficient (Wildman–Crippen LogP) is 3.90. The van der Waals surface area contributed by atoms with E-state index >= 15 is 0 Å². The number of ether oxygens (including phenoxy) is 8. The Hall–Kier alpha value is -4.46. The molecular weight excluding hydrogens is 816 g/mol. The van der Waals surface area contributed by atoms with Crippen LogP contribution in [-0.4, -0.2) is 145 Å². The smallest absolute Gasteiger partial charge is 0.333 e. The summed E-state index contributed by atoms with van der Waals surface area (Å²) in [5.74, 6) is -3.07. The molecule has 0 saturated heterocycles. The summed E-state index contributed by atoms with van der Waals surface area (Å²) in [6.07, 6.45) is -1.59. The molecule has 0 amide bonds. The maximum Gasteiger partial charge on any atom is 0.333 e. The molecule has 0 fully saturated rings. The van der Waals surface area contributed by atoms with Crippen molar-refractivity contribution in [1.82, 2.24) is 0 Å². The molecule has 0 aliphatic rings. The minimum absolute atomic E-state index is 0.0677. The third-order valence-corrected chi connectivity index (χ3v) is 6.14. The molecule has 0 aliphatic carbocycles. The minimum Gasteiger partial charge on any atom is -0.462 e. The Balaban J connectivity index is -0.000000363. The molecule has 4 N–H and O–H groups in total. The first-order valence-electron chi connectivity index (χ1n) is 19.6. The van der Waals surface area contributed by atoms with E-state index in [-0.39, 0.29) is 69.6 Å². The number of aliphatic hydroxyl groups is 4. The second kappa shape index (κ2) is 32.2. The van der Waals surface area contributed by atoms with Crippen LogP contribution in [-0.2, 0) is 66.7 Å². The molecule has 0 spiro atoms. The van der Waals surface area contributed by atoms with E-state index in [2.05, 4.69) is 35.8 Å². The van der Waals surface area contributed by atoms with E-state index in [1.165, 1.54) is 6.92 Å². The third-order valence-electron chi connectivity index (χ3n) is 6.14. The second-order valence-corrected chi connectivity index (χ2v) is 17.6. The highest BCUT2D eigenvalue weighted by Gasteiger charge is 2.25.